The van der Waals surface area contributed by atoms with Crippen LogP contribution in [0, 0.1) is 13.8 Å². The van der Waals surface area contributed by atoms with E-state index in [1.54, 1.807) is 14.2 Å². The molecule has 0 aliphatic rings. The van der Waals surface area contributed by atoms with Crippen molar-refractivity contribution in [1.29, 1.82) is 0 Å². The molecule has 2 nitrogen and oxygen atoms in total. The van der Waals surface area contributed by atoms with Crippen molar-refractivity contribution in [2.24, 2.45) is 0 Å². The Hall–Kier alpha value is -1.96. The van der Waals surface area contributed by atoms with Crippen molar-refractivity contribution in [1.82, 2.24) is 0 Å². The van der Waals surface area contributed by atoms with E-state index >= 15 is 0 Å². The van der Waals surface area contributed by atoms with Gasteiger partial charge in [-0.05, 0) is 0 Å². The van der Waals surface area contributed by atoms with E-state index in [-0.39, 0.29) is 0 Å². The maximum absolute atomic E-state index is 5.35. The van der Waals surface area contributed by atoms with Gasteiger partial charge in [0, 0.05) is 0 Å². The zero-order chi connectivity index (χ0) is 16.4. The van der Waals surface area contributed by atoms with Crippen LogP contribution in [0.1, 0.15) is 11.1 Å². The zero-order valence-corrected chi connectivity index (χ0v) is 15.6. The van der Waals surface area contributed by atoms with Gasteiger partial charge in [0.2, 0.25) is 0 Å². The number of ether oxygens (including phenoxy) is 2. The van der Waals surface area contributed by atoms with Crippen LogP contribution < -0.4 is 9.47 Å². The summed E-state index contributed by atoms with van der Waals surface area (Å²) in [5.74, 6) is 1.89. The minimum absolute atomic E-state index is 0.321. The molecule has 118 valence electrons. The number of aryl methyl sites for hydroxylation is 2. The first-order valence-corrected chi connectivity index (χ1v) is 9.23. The summed E-state index contributed by atoms with van der Waals surface area (Å²) >= 11 is 0.321. The van der Waals surface area contributed by atoms with Gasteiger partial charge in [-0.15, -0.1) is 0 Å². The van der Waals surface area contributed by atoms with Gasteiger partial charge in [-0.3, -0.25) is 0 Å². The quantitative estimate of drug-likeness (QED) is 0.619. The second kappa shape index (κ2) is 6.65. The predicted molar refractivity (Wildman–Crippen MR) is 96.8 cm³/mol. The van der Waals surface area contributed by atoms with E-state index in [0.717, 1.165) is 11.5 Å². The van der Waals surface area contributed by atoms with Crippen LogP contribution in [0.25, 0.3) is 20.0 Å². The van der Waals surface area contributed by atoms with Gasteiger partial charge in [0.15, 0.2) is 0 Å². The van der Waals surface area contributed by atoms with Gasteiger partial charge in [0.25, 0.3) is 0 Å². The Morgan fingerprint density at radius 1 is 0.652 bits per heavy atom. The molecular formula is C20H20O2Se. The van der Waals surface area contributed by atoms with Crippen molar-refractivity contribution >= 4 is 14.5 Å². The van der Waals surface area contributed by atoms with E-state index in [0.29, 0.717) is 14.5 Å². The van der Waals surface area contributed by atoms with E-state index in [1.165, 1.54) is 31.1 Å². The van der Waals surface area contributed by atoms with Gasteiger partial charge >= 0.3 is 143 Å². The Kier molecular flexibility index (Phi) is 4.61. The number of hydrogen-bond donors (Lipinski definition) is 0. The maximum atomic E-state index is 5.35. The summed E-state index contributed by atoms with van der Waals surface area (Å²) in [6, 6.07) is 17.3. The molecule has 0 N–H and O–H groups in total. The molecule has 23 heavy (non-hydrogen) atoms. The number of hydrogen-bond acceptors (Lipinski definition) is 2. The van der Waals surface area contributed by atoms with Crippen molar-refractivity contribution in [3.63, 3.8) is 0 Å². The predicted octanol–water partition coefficient (Wildman–Crippen LogP) is 4.71. The molecule has 2 aromatic carbocycles. The Morgan fingerprint density at radius 3 is 1.43 bits per heavy atom. The van der Waals surface area contributed by atoms with Crippen LogP contribution in [0.5, 0.6) is 11.5 Å². The molecule has 0 saturated heterocycles. The summed E-state index contributed by atoms with van der Waals surface area (Å²) in [4.78, 5) is 0. The molecule has 0 amide bonds. The Labute approximate surface area is 143 Å². The van der Waals surface area contributed by atoms with Gasteiger partial charge in [-0.2, -0.15) is 0 Å². The summed E-state index contributed by atoms with van der Waals surface area (Å²) in [5, 5.41) is 0. The zero-order valence-electron chi connectivity index (χ0n) is 13.8. The van der Waals surface area contributed by atoms with Gasteiger partial charge in [-0.1, -0.05) is 0 Å². The summed E-state index contributed by atoms with van der Waals surface area (Å²) in [6.07, 6.45) is 0. The van der Waals surface area contributed by atoms with E-state index in [1.807, 2.05) is 0 Å². The molecule has 1 heterocycles. The second-order valence-corrected chi connectivity index (χ2v) is 7.81. The third kappa shape index (κ3) is 3.21. The van der Waals surface area contributed by atoms with Crippen molar-refractivity contribution in [2.45, 2.75) is 13.8 Å². The Morgan fingerprint density at radius 2 is 1.09 bits per heavy atom. The molecule has 0 radical (unpaired) electrons. The minimum atomic E-state index is 0.321. The molecule has 0 aliphatic heterocycles. The van der Waals surface area contributed by atoms with Gasteiger partial charge in [0.05, 0.1) is 0 Å². The van der Waals surface area contributed by atoms with Gasteiger partial charge < -0.3 is 0 Å². The standard InChI is InChI=1S/C20H20O2Se/c1-13-11-15(5-7-17(13)21-3)19-9-10-20(23-19)16-6-8-18(22-4)14(2)12-16/h5-12H,1-4H3. The van der Waals surface area contributed by atoms with Crippen LogP contribution in [-0.4, -0.2) is 28.7 Å². The third-order valence-corrected chi connectivity index (χ3v) is 6.45. The Bertz CT molecular complexity index is 765. The summed E-state index contributed by atoms with van der Waals surface area (Å²) in [7, 11) is 3.43. The van der Waals surface area contributed by atoms with E-state index in [4.69, 9.17) is 9.47 Å². The molecule has 0 fully saturated rings. The molecule has 0 atom stereocenters. The van der Waals surface area contributed by atoms with Crippen LogP contribution >= 0.6 is 0 Å². The SMILES string of the molecule is COc1ccc(-c2ccc(-c3ccc(OC)c(C)c3)[se]2)cc1C. The normalized spacial score (nSPS) is 10.6. The molecule has 0 spiro atoms. The molecule has 1 aromatic heterocycles. The summed E-state index contributed by atoms with van der Waals surface area (Å²) in [5.41, 5.74) is 4.94. The van der Waals surface area contributed by atoms with Crippen LogP contribution in [0.4, 0.5) is 0 Å². The van der Waals surface area contributed by atoms with Crippen molar-refractivity contribution < 1.29 is 9.47 Å². The van der Waals surface area contributed by atoms with E-state index in [2.05, 4.69) is 62.4 Å². The first-order valence-electron chi connectivity index (χ1n) is 7.52. The summed E-state index contributed by atoms with van der Waals surface area (Å²) in [6.45, 7) is 4.18. The van der Waals surface area contributed by atoms with E-state index < -0.39 is 0 Å². The Balaban J connectivity index is 1.94. The monoisotopic (exact) mass is 372 g/mol. The van der Waals surface area contributed by atoms with Crippen molar-refractivity contribution in [2.75, 3.05) is 14.2 Å². The van der Waals surface area contributed by atoms with Crippen LogP contribution in [0.3, 0.4) is 0 Å². The average Bonchev–Trinajstić information content (AvgIpc) is 3.04. The topological polar surface area (TPSA) is 18.5 Å². The van der Waals surface area contributed by atoms with Gasteiger partial charge in [0.1, 0.15) is 0 Å². The van der Waals surface area contributed by atoms with Crippen LogP contribution in [0.2, 0.25) is 0 Å². The number of rotatable bonds is 4. The van der Waals surface area contributed by atoms with Crippen LogP contribution in [0.15, 0.2) is 48.5 Å². The molecule has 0 unspecified atom stereocenters. The molecule has 0 bridgehead atoms. The first-order chi connectivity index (χ1) is 11.1. The molecule has 3 aromatic rings. The average molecular weight is 371 g/mol. The van der Waals surface area contributed by atoms with Gasteiger partial charge in [-0.25, -0.2) is 0 Å². The fraction of sp³-hybridized carbons (Fsp3) is 0.200. The number of benzene rings is 2. The molecule has 0 saturated carbocycles. The molecule has 3 heteroatoms. The van der Waals surface area contributed by atoms with E-state index in [9.17, 15) is 0 Å². The number of methoxy groups -OCH3 is 2. The van der Waals surface area contributed by atoms with Crippen molar-refractivity contribution in [3.8, 4) is 31.5 Å². The summed E-state index contributed by atoms with van der Waals surface area (Å²) < 4.78 is 13.5. The molecule has 3 rings (SSSR count). The third-order valence-electron chi connectivity index (χ3n) is 3.96. The first kappa shape index (κ1) is 15.9. The van der Waals surface area contributed by atoms with Crippen LogP contribution in [-0.2, 0) is 0 Å². The second-order valence-electron chi connectivity index (χ2n) is 5.53. The van der Waals surface area contributed by atoms with Crippen molar-refractivity contribution in [3.05, 3.63) is 59.7 Å². The fourth-order valence-electron chi connectivity index (χ4n) is 2.71. The molecular weight excluding hydrogens is 351 g/mol. The fourth-order valence-corrected chi connectivity index (χ4v) is 4.81. The molecule has 0 aliphatic carbocycles.